The van der Waals surface area contributed by atoms with Gasteiger partial charge in [-0.05, 0) is 24.5 Å². The average Bonchev–Trinajstić information content (AvgIpc) is 2.91. The lowest BCUT2D eigenvalue weighted by Crippen LogP contribution is -2.19. The van der Waals surface area contributed by atoms with Crippen LogP contribution in [0.2, 0.25) is 0 Å². The lowest BCUT2D eigenvalue weighted by molar-refractivity contribution is 0.711. The molecule has 80 valence electrons. The van der Waals surface area contributed by atoms with E-state index in [9.17, 15) is 0 Å². The fourth-order valence-corrected chi connectivity index (χ4v) is 2.24. The van der Waals surface area contributed by atoms with Crippen molar-refractivity contribution in [2.75, 3.05) is 6.54 Å². The Morgan fingerprint density at radius 2 is 2.00 bits per heavy atom. The van der Waals surface area contributed by atoms with Crippen molar-refractivity contribution >= 4 is 23.3 Å². The number of nitrogens with two attached hydrogens (primary N) is 1. The Morgan fingerprint density at radius 3 is 2.67 bits per heavy atom. The second-order valence-electron chi connectivity index (χ2n) is 4.23. The molecule has 0 atom stereocenters. The highest BCUT2D eigenvalue weighted by Gasteiger charge is 2.44. The van der Waals surface area contributed by atoms with Crippen LogP contribution in [0.25, 0.3) is 10.9 Å². The summed E-state index contributed by atoms with van der Waals surface area (Å²) in [6.07, 6.45) is 4.61. The first-order chi connectivity index (χ1) is 6.86. The van der Waals surface area contributed by atoms with Crippen molar-refractivity contribution in [3.8, 4) is 0 Å². The Balaban J connectivity index is 0.000000853. The Labute approximate surface area is 95.3 Å². The molecule has 0 unspecified atom stereocenters. The van der Waals surface area contributed by atoms with E-state index in [-0.39, 0.29) is 12.4 Å². The van der Waals surface area contributed by atoms with Crippen LogP contribution >= 0.6 is 12.4 Å². The topological polar surface area (TPSA) is 41.8 Å². The summed E-state index contributed by atoms with van der Waals surface area (Å²) in [5.74, 6) is 0. The minimum atomic E-state index is 0. The number of aromatic amines is 1. The summed E-state index contributed by atoms with van der Waals surface area (Å²) in [6.45, 7) is 0.773. The molecule has 1 aliphatic carbocycles. The van der Waals surface area contributed by atoms with Gasteiger partial charge in [-0.2, -0.15) is 0 Å². The molecule has 2 nitrogen and oxygen atoms in total. The molecule has 1 aliphatic rings. The van der Waals surface area contributed by atoms with Gasteiger partial charge in [-0.25, -0.2) is 0 Å². The molecule has 0 bridgehead atoms. The first-order valence-corrected chi connectivity index (χ1v) is 5.12. The van der Waals surface area contributed by atoms with E-state index < -0.39 is 0 Å². The maximum Gasteiger partial charge on any atom is 0.0457 e. The van der Waals surface area contributed by atoms with Crippen molar-refractivity contribution in [3.63, 3.8) is 0 Å². The molecule has 0 spiro atoms. The van der Waals surface area contributed by atoms with E-state index in [1.54, 1.807) is 0 Å². The monoisotopic (exact) mass is 222 g/mol. The van der Waals surface area contributed by atoms with E-state index in [1.165, 1.54) is 29.3 Å². The van der Waals surface area contributed by atoms with Crippen molar-refractivity contribution in [3.05, 3.63) is 36.0 Å². The van der Waals surface area contributed by atoms with Crippen LogP contribution in [-0.4, -0.2) is 11.5 Å². The van der Waals surface area contributed by atoms with Gasteiger partial charge in [-0.3, -0.25) is 0 Å². The van der Waals surface area contributed by atoms with Gasteiger partial charge in [0.1, 0.15) is 0 Å². The zero-order valence-corrected chi connectivity index (χ0v) is 9.31. The van der Waals surface area contributed by atoms with Gasteiger partial charge >= 0.3 is 0 Å². The second kappa shape index (κ2) is 3.54. The van der Waals surface area contributed by atoms with Gasteiger partial charge in [0.05, 0.1) is 0 Å². The van der Waals surface area contributed by atoms with Gasteiger partial charge < -0.3 is 10.7 Å². The fraction of sp³-hybridized carbons (Fsp3) is 0.333. The Hall–Kier alpha value is -0.990. The van der Waals surface area contributed by atoms with E-state index in [0.717, 1.165) is 6.54 Å². The third-order valence-electron chi connectivity index (χ3n) is 3.40. The molecule has 1 fully saturated rings. The van der Waals surface area contributed by atoms with E-state index in [4.69, 9.17) is 5.73 Å². The first-order valence-electron chi connectivity index (χ1n) is 5.12. The predicted molar refractivity (Wildman–Crippen MR) is 65.5 cm³/mol. The Kier molecular flexibility index (Phi) is 2.49. The molecule has 1 aromatic carbocycles. The molecule has 1 heterocycles. The van der Waals surface area contributed by atoms with Crippen molar-refractivity contribution in [1.82, 2.24) is 4.98 Å². The largest absolute Gasteiger partial charge is 0.361 e. The zero-order chi connectivity index (χ0) is 9.60. The summed E-state index contributed by atoms with van der Waals surface area (Å²) in [6, 6.07) is 8.44. The number of aromatic nitrogens is 1. The van der Waals surface area contributed by atoms with Crippen molar-refractivity contribution < 1.29 is 0 Å². The standard InChI is InChI=1S/C12H14N2.ClH/c13-8-12(5-6-12)10-7-14-11-4-2-1-3-9(10)11;/h1-4,7,14H,5-6,8,13H2;1H. The lowest BCUT2D eigenvalue weighted by Gasteiger charge is -2.10. The molecule has 3 rings (SSSR count). The highest BCUT2D eigenvalue weighted by atomic mass is 35.5. The van der Waals surface area contributed by atoms with Crippen LogP contribution in [0.4, 0.5) is 0 Å². The number of H-pyrrole nitrogens is 1. The van der Waals surface area contributed by atoms with Gasteiger partial charge in [0.25, 0.3) is 0 Å². The highest BCUT2D eigenvalue weighted by Crippen LogP contribution is 2.49. The van der Waals surface area contributed by atoms with Crippen LogP contribution in [0.5, 0.6) is 0 Å². The van der Waals surface area contributed by atoms with Gasteiger partial charge in [0.15, 0.2) is 0 Å². The van der Waals surface area contributed by atoms with Crippen molar-refractivity contribution in [2.45, 2.75) is 18.3 Å². The summed E-state index contributed by atoms with van der Waals surface area (Å²) >= 11 is 0. The molecule has 1 saturated carbocycles. The molecule has 3 heteroatoms. The van der Waals surface area contributed by atoms with Crippen LogP contribution in [0, 0.1) is 0 Å². The van der Waals surface area contributed by atoms with Gasteiger partial charge in [0.2, 0.25) is 0 Å². The Morgan fingerprint density at radius 1 is 1.27 bits per heavy atom. The van der Waals surface area contributed by atoms with Crippen LogP contribution in [0.1, 0.15) is 18.4 Å². The minimum Gasteiger partial charge on any atom is -0.361 e. The maximum atomic E-state index is 5.84. The molecule has 1 aromatic heterocycles. The average molecular weight is 223 g/mol. The number of rotatable bonds is 2. The van der Waals surface area contributed by atoms with E-state index in [1.807, 2.05) is 0 Å². The first kappa shape index (κ1) is 10.5. The smallest absolute Gasteiger partial charge is 0.0457 e. The lowest BCUT2D eigenvalue weighted by atomic mass is 9.96. The summed E-state index contributed by atoms with van der Waals surface area (Å²) in [7, 11) is 0. The molecule has 3 N–H and O–H groups in total. The van der Waals surface area contributed by atoms with Crippen molar-refractivity contribution in [1.29, 1.82) is 0 Å². The summed E-state index contributed by atoms with van der Waals surface area (Å²) in [5, 5.41) is 1.34. The molecule has 0 radical (unpaired) electrons. The van der Waals surface area contributed by atoms with Gasteiger partial charge in [0, 0.05) is 29.1 Å². The molecule has 0 aliphatic heterocycles. The zero-order valence-electron chi connectivity index (χ0n) is 8.49. The number of benzene rings is 1. The number of fused-ring (bicyclic) bond motifs is 1. The number of hydrogen-bond donors (Lipinski definition) is 2. The van der Waals surface area contributed by atoms with Crippen LogP contribution in [-0.2, 0) is 5.41 Å². The van der Waals surface area contributed by atoms with Crippen LogP contribution in [0.15, 0.2) is 30.5 Å². The maximum absolute atomic E-state index is 5.84. The second-order valence-corrected chi connectivity index (χ2v) is 4.23. The SMILES string of the molecule is Cl.NCC1(c2c[nH]c3ccccc23)CC1. The van der Waals surface area contributed by atoms with E-state index in [2.05, 4.69) is 35.4 Å². The molecule has 0 amide bonds. The minimum absolute atomic E-state index is 0. The number of halogens is 1. The normalized spacial score (nSPS) is 17.4. The molecule has 15 heavy (non-hydrogen) atoms. The number of nitrogens with one attached hydrogen (secondary N) is 1. The summed E-state index contributed by atoms with van der Waals surface area (Å²) in [4.78, 5) is 3.31. The molecular formula is C12H15ClN2. The quantitative estimate of drug-likeness (QED) is 0.806. The summed E-state index contributed by atoms with van der Waals surface area (Å²) in [5.41, 5.74) is 8.77. The van der Waals surface area contributed by atoms with E-state index in [0.29, 0.717) is 5.41 Å². The summed E-state index contributed by atoms with van der Waals surface area (Å²) < 4.78 is 0. The third kappa shape index (κ3) is 1.45. The molecular weight excluding hydrogens is 208 g/mol. The molecule has 0 saturated heterocycles. The van der Waals surface area contributed by atoms with Crippen LogP contribution < -0.4 is 5.73 Å². The van der Waals surface area contributed by atoms with Gasteiger partial charge in [-0.15, -0.1) is 12.4 Å². The predicted octanol–water partition coefficient (Wildman–Crippen LogP) is 2.58. The van der Waals surface area contributed by atoms with Crippen molar-refractivity contribution in [2.24, 2.45) is 5.73 Å². The molecule has 2 aromatic rings. The fourth-order valence-electron chi connectivity index (χ4n) is 2.24. The highest BCUT2D eigenvalue weighted by molar-refractivity contribution is 5.85. The number of para-hydroxylation sites is 1. The Bertz CT molecular complexity index is 471. The van der Waals surface area contributed by atoms with Crippen LogP contribution in [0.3, 0.4) is 0 Å². The van der Waals surface area contributed by atoms with E-state index >= 15 is 0 Å². The number of hydrogen-bond acceptors (Lipinski definition) is 1. The third-order valence-corrected chi connectivity index (χ3v) is 3.40. The van der Waals surface area contributed by atoms with Gasteiger partial charge in [-0.1, -0.05) is 18.2 Å².